The number of rotatable bonds is 11. The fourth-order valence-electron chi connectivity index (χ4n) is 20.4. The lowest BCUT2D eigenvalue weighted by Gasteiger charge is -2.36. The average Bonchev–Trinajstić information content (AvgIpc) is 1.52. The van der Waals surface area contributed by atoms with Gasteiger partial charge in [0.2, 0.25) is 0 Å². The maximum absolute atomic E-state index is 2.54. The molecule has 1 spiro atoms. The summed E-state index contributed by atoms with van der Waals surface area (Å²) in [7, 11) is 0. The van der Waals surface area contributed by atoms with Gasteiger partial charge in [0.15, 0.2) is 0 Å². The highest BCUT2D eigenvalue weighted by atomic mass is 15.2. The van der Waals surface area contributed by atoms with E-state index in [-0.39, 0.29) is 5.41 Å². The fraction of sp³-hybridized carbons (Fsp3) is 0.0857. The van der Waals surface area contributed by atoms with Crippen molar-refractivity contribution in [3.63, 3.8) is 0 Å². The summed E-state index contributed by atoms with van der Waals surface area (Å²) in [5, 5.41) is 0. The summed E-state index contributed by atoms with van der Waals surface area (Å²) in [5.41, 5.74) is 41.7. The van der Waals surface area contributed by atoms with Crippen LogP contribution in [0.15, 0.2) is 370 Å². The molecule has 16 aromatic rings. The Kier molecular flexibility index (Phi) is 13.8. The molecule has 0 amide bonds. The van der Waals surface area contributed by atoms with E-state index in [1.807, 2.05) is 0 Å². The molecule has 506 valence electrons. The molecule has 0 saturated carbocycles. The molecule has 16 aromatic carbocycles. The summed E-state index contributed by atoms with van der Waals surface area (Å²) in [5.74, 6) is 0. The molecule has 107 heavy (non-hydrogen) atoms. The molecule has 0 aliphatic heterocycles. The molecule has 2 heteroatoms. The van der Waals surface area contributed by atoms with Crippen molar-refractivity contribution in [1.29, 1.82) is 0 Å². The summed E-state index contributed by atoms with van der Waals surface area (Å²) in [6.07, 6.45) is 0. The predicted octanol–water partition coefficient (Wildman–Crippen LogP) is 26.6. The van der Waals surface area contributed by atoms with Gasteiger partial charge in [-0.3, -0.25) is 0 Å². The third kappa shape index (κ3) is 8.76. The van der Waals surface area contributed by atoms with Crippen molar-refractivity contribution in [2.75, 3.05) is 9.80 Å². The van der Waals surface area contributed by atoms with Crippen LogP contribution in [0.2, 0.25) is 0 Å². The van der Waals surface area contributed by atoms with Crippen LogP contribution in [-0.4, -0.2) is 0 Å². The van der Waals surface area contributed by atoms with Crippen LogP contribution >= 0.6 is 0 Å². The molecule has 5 aliphatic rings. The molecule has 0 atom stereocenters. The molecule has 0 unspecified atom stereocenters. The largest absolute Gasteiger partial charge is 0.310 e. The van der Waals surface area contributed by atoms with Crippen LogP contribution < -0.4 is 9.80 Å². The zero-order valence-corrected chi connectivity index (χ0v) is 60.6. The lowest BCUT2D eigenvalue weighted by atomic mass is 9.67. The molecule has 0 fully saturated rings. The van der Waals surface area contributed by atoms with Crippen molar-refractivity contribution in [2.24, 2.45) is 0 Å². The van der Waals surface area contributed by atoms with E-state index in [1.165, 1.54) is 156 Å². The Balaban J connectivity index is 0.741. The average molecular weight is 1370 g/mol. The predicted molar refractivity (Wildman–Crippen MR) is 444 cm³/mol. The molecular weight excluding hydrogens is 1290 g/mol. The Labute approximate surface area is 627 Å². The molecule has 0 aromatic heterocycles. The van der Waals surface area contributed by atoms with E-state index >= 15 is 0 Å². The highest BCUT2D eigenvalue weighted by Crippen LogP contribution is 2.65. The third-order valence-corrected chi connectivity index (χ3v) is 24.9. The second-order valence-corrected chi connectivity index (χ2v) is 30.7. The second-order valence-electron chi connectivity index (χ2n) is 30.7. The van der Waals surface area contributed by atoms with Gasteiger partial charge in [-0.15, -0.1) is 0 Å². The highest BCUT2D eigenvalue weighted by molar-refractivity contribution is 6.00. The van der Waals surface area contributed by atoms with E-state index in [1.54, 1.807) is 0 Å². The lowest BCUT2D eigenvalue weighted by molar-refractivity contribution is 0.660. The van der Waals surface area contributed by atoms with Gasteiger partial charge in [0.25, 0.3) is 0 Å². The molecular formula is C105H76N2. The second kappa shape index (κ2) is 23.6. The summed E-state index contributed by atoms with van der Waals surface area (Å²) < 4.78 is 0. The monoisotopic (exact) mass is 1360 g/mol. The summed E-state index contributed by atoms with van der Waals surface area (Å²) in [4.78, 5) is 5.08. The first-order valence-corrected chi connectivity index (χ1v) is 37.8. The number of aryl methyl sites for hydroxylation is 3. The third-order valence-electron chi connectivity index (χ3n) is 24.9. The fourth-order valence-corrected chi connectivity index (χ4v) is 20.4. The summed E-state index contributed by atoms with van der Waals surface area (Å²) in [6.45, 7) is 11.5. The lowest BCUT2D eigenvalue weighted by Crippen LogP contribution is -2.29. The van der Waals surface area contributed by atoms with Crippen LogP contribution in [0.5, 0.6) is 0 Å². The van der Waals surface area contributed by atoms with Gasteiger partial charge in [0.1, 0.15) is 0 Å². The minimum absolute atomic E-state index is 0.190. The smallest absolute Gasteiger partial charge is 0.0725 e. The van der Waals surface area contributed by atoms with Crippen LogP contribution in [0, 0.1) is 20.8 Å². The summed E-state index contributed by atoms with van der Waals surface area (Å²) in [6, 6.07) is 141. The Hall–Kier alpha value is -12.9. The SMILES string of the molecule is Cc1ccc2c(c1)C(c1ccccc1)(c1ccccc1)c1cc(N(c3ccc(-c4ccc(N(c5ccc6c(c5)-c5ccccc5C65c6ccccc6-c6ccccc65)c5cccc6c5-c5ccccc5C6(C)C)cc4)c(C)c3)c3ccc4c(c3)C(c3ccccc3)(c3ccccc3)c3cc(C)ccc3-4)ccc1-2. The number of nitrogens with zero attached hydrogens (tertiary/aromatic N) is 2. The molecule has 0 bridgehead atoms. The minimum atomic E-state index is -0.610. The van der Waals surface area contributed by atoms with Gasteiger partial charge in [-0.05, 0) is 232 Å². The van der Waals surface area contributed by atoms with Crippen molar-refractivity contribution in [2.45, 2.75) is 56.3 Å². The van der Waals surface area contributed by atoms with E-state index in [9.17, 15) is 0 Å². The quantitative estimate of drug-likeness (QED) is 0.127. The molecule has 21 rings (SSSR count). The number of fused-ring (bicyclic) bond motifs is 19. The van der Waals surface area contributed by atoms with Gasteiger partial charge in [0, 0.05) is 39.4 Å². The van der Waals surface area contributed by atoms with Crippen LogP contribution in [0.1, 0.15) is 108 Å². The zero-order valence-electron chi connectivity index (χ0n) is 60.6. The normalized spacial score (nSPS) is 14.5. The van der Waals surface area contributed by atoms with Crippen LogP contribution in [-0.2, 0) is 21.7 Å². The zero-order chi connectivity index (χ0) is 71.5. The van der Waals surface area contributed by atoms with Crippen LogP contribution in [0.3, 0.4) is 0 Å². The van der Waals surface area contributed by atoms with Gasteiger partial charge >= 0.3 is 0 Å². The highest BCUT2D eigenvalue weighted by Gasteiger charge is 2.53. The molecule has 0 heterocycles. The maximum atomic E-state index is 2.54. The van der Waals surface area contributed by atoms with Crippen LogP contribution in [0.25, 0.3) is 66.8 Å². The first-order chi connectivity index (χ1) is 52.6. The molecule has 0 N–H and O–H groups in total. The molecule has 0 saturated heterocycles. The topological polar surface area (TPSA) is 6.48 Å². The van der Waals surface area contributed by atoms with E-state index in [4.69, 9.17) is 0 Å². The van der Waals surface area contributed by atoms with Crippen molar-refractivity contribution >= 4 is 34.1 Å². The van der Waals surface area contributed by atoms with Crippen LogP contribution in [0.4, 0.5) is 34.1 Å². The van der Waals surface area contributed by atoms with Gasteiger partial charge in [0.05, 0.1) is 21.9 Å². The molecule has 2 nitrogen and oxygen atoms in total. The first kappa shape index (κ1) is 62.7. The maximum Gasteiger partial charge on any atom is 0.0725 e. The molecule has 5 aliphatic carbocycles. The first-order valence-electron chi connectivity index (χ1n) is 37.8. The van der Waals surface area contributed by atoms with Gasteiger partial charge in [-0.2, -0.15) is 0 Å². The summed E-state index contributed by atoms with van der Waals surface area (Å²) >= 11 is 0. The van der Waals surface area contributed by atoms with Crippen molar-refractivity contribution in [3.05, 3.63) is 465 Å². The van der Waals surface area contributed by atoms with E-state index < -0.39 is 16.2 Å². The Morgan fingerprint density at radius 2 is 0.551 bits per heavy atom. The van der Waals surface area contributed by atoms with Crippen molar-refractivity contribution in [1.82, 2.24) is 0 Å². The number of hydrogen-bond donors (Lipinski definition) is 0. The van der Waals surface area contributed by atoms with E-state index in [0.29, 0.717) is 0 Å². The van der Waals surface area contributed by atoms with E-state index in [0.717, 1.165) is 39.7 Å². The van der Waals surface area contributed by atoms with Crippen molar-refractivity contribution in [3.8, 4) is 66.8 Å². The number of anilines is 6. The Morgan fingerprint density at radius 1 is 0.206 bits per heavy atom. The Morgan fingerprint density at radius 3 is 1.03 bits per heavy atom. The standard InChI is InChI=1S/C105H76N2/c1-67-45-55-84-86-58-52-78(65-98(86)103(96(84)61-67,71-27-10-6-11-28-71)72-29-12-7-13-30-72)106(79-53-59-87-85-56-46-68(2)62-97(85)104(99(87)66-79,73-31-14-8-15-32-73)74-33-16-9-17-34-74)76-51-57-80(69(3)63-76)70-47-49-75(50-48-70)107(100-44-26-43-95-101(100)88-38-21-22-39-90(88)102(95,4)5)77-54-60-94-89(64-77)83-37-20-25-42-93(83)105(94)91-40-23-18-35-81(91)82-36-19-24-41-92(82)105/h6-66H,1-5H3. The van der Waals surface area contributed by atoms with Gasteiger partial charge in [-0.1, -0.05) is 328 Å². The minimum Gasteiger partial charge on any atom is -0.310 e. The number of benzene rings is 16. The van der Waals surface area contributed by atoms with Gasteiger partial charge < -0.3 is 9.80 Å². The van der Waals surface area contributed by atoms with Crippen molar-refractivity contribution < 1.29 is 0 Å². The van der Waals surface area contributed by atoms with E-state index in [2.05, 4.69) is 414 Å². The number of hydrogen-bond acceptors (Lipinski definition) is 2. The Bertz CT molecular complexity index is 6010. The molecule has 0 radical (unpaired) electrons. The van der Waals surface area contributed by atoms with Gasteiger partial charge in [-0.25, -0.2) is 0 Å².